The minimum absolute atomic E-state index is 0.0490. The average molecular weight is 266 g/mol. The van der Waals surface area contributed by atoms with Crippen LogP contribution in [0.1, 0.15) is 40.0 Å². The smallest absolute Gasteiger partial charge is 0.309 e. The van der Waals surface area contributed by atoms with E-state index >= 15 is 0 Å². The summed E-state index contributed by atoms with van der Waals surface area (Å²) in [6.07, 6.45) is 2.27. The van der Waals surface area contributed by atoms with Gasteiger partial charge in [-0.15, -0.1) is 0 Å². The molecular weight excluding hydrogens is 244 g/mol. The van der Waals surface area contributed by atoms with E-state index in [2.05, 4.69) is 0 Å². The molecule has 0 aromatic heterocycles. The highest BCUT2D eigenvalue weighted by Crippen LogP contribution is 2.55. The topological polar surface area (TPSA) is 52.6 Å². The molecule has 0 spiro atoms. The normalized spacial score (nSPS) is 40.6. The Kier molecular flexibility index (Phi) is 3.06. The molecule has 4 nitrogen and oxygen atoms in total. The minimum atomic E-state index is -0.187. The van der Waals surface area contributed by atoms with Crippen LogP contribution in [0.15, 0.2) is 0 Å². The van der Waals surface area contributed by atoms with Crippen LogP contribution in [0.3, 0.4) is 0 Å². The van der Waals surface area contributed by atoms with Crippen LogP contribution >= 0.6 is 0 Å². The molecule has 1 saturated heterocycles. The molecule has 1 heterocycles. The Morgan fingerprint density at radius 3 is 2.79 bits per heavy atom. The number of fused-ring (bicyclic) bond motifs is 1. The number of esters is 2. The van der Waals surface area contributed by atoms with Gasteiger partial charge in [0.05, 0.1) is 11.8 Å². The van der Waals surface area contributed by atoms with Crippen molar-refractivity contribution in [1.29, 1.82) is 0 Å². The molecule has 19 heavy (non-hydrogen) atoms. The van der Waals surface area contributed by atoms with Gasteiger partial charge in [-0.1, -0.05) is 20.8 Å². The van der Waals surface area contributed by atoms with Gasteiger partial charge in [0.15, 0.2) is 0 Å². The van der Waals surface area contributed by atoms with Crippen molar-refractivity contribution in [3.8, 4) is 0 Å². The van der Waals surface area contributed by atoms with E-state index in [1.807, 2.05) is 20.8 Å². The van der Waals surface area contributed by atoms with Crippen LogP contribution in [0, 0.1) is 29.6 Å². The van der Waals surface area contributed by atoms with Gasteiger partial charge in [-0.2, -0.15) is 0 Å². The highest BCUT2D eigenvalue weighted by molar-refractivity contribution is 5.77. The molecule has 1 aliphatic heterocycles. The molecule has 0 N–H and O–H groups in total. The Hall–Kier alpha value is -1.06. The van der Waals surface area contributed by atoms with Gasteiger partial charge in [-0.3, -0.25) is 9.59 Å². The summed E-state index contributed by atoms with van der Waals surface area (Å²) >= 11 is 0. The zero-order valence-corrected chi connectivity index (χ0v) is 11.8. The van der Waals surface area contributed by atoms with Gasteiger partial charge in [0.1, 0.15) is 12.2 Å². The minimum Gasteiger partial charge on any atom is -0.458 e. The van der Waals surface area contributed by atoms with Crippen molar-refractivity contribution in [3.63, 3.8) is 0 Å². The summed E-state index contributed by atoms with van der Waals surface area (Å²) in [7, 11) is 0. The first-order chi connectivity index (χ1) is 9.02. The molecule has 0 aromatic rings. The second-order valence-electron chi connectivity index (χ2n) is 6.56. The van der Waals surface area contributed by atoms with Crippen molar-refractivity contribution >= 4 is 11.9 Å². The summed E-state index contributed by atoms with van der Waals surface area (Å²) in [5.41, 5.74) is 0. The standard InChI is InChI=1S/C15H22O4/c1-4-9(7(2)3)14(16)18-12-8-5-10-11(6-8)15(17)19-13(10)12/h7-13H,4-6H2,1-3H3. The van der Waals surface area contributed by atoms with E-state index in [0.717, 1.165) is 19.3 Å². The first-order valence-corrected chi connectivity index (χ1v) is 7.43. The first-order valence-electron chi connectivity index (χ1n) is 7.43. The number of rotatable bonds is 4. The molecule has 6 atom stereocenters. The third kappa shape index (κ3) is 1.87. The van der Waals surface area contributed by atoms with Crippen molar-refractivity contribution < 1.29 is 19.1 Å². The van der Waals surface area contributed by atoms with E-state index in [-0.39, 0.29) is 41.9 Å². The van der Waals surface area contributed by atoms with Gasteiger partial charge in [0.2, 0.25) is 0 Å². The Bertz CT molecular complexity index is 403. The molecule has 3 aliphatic rings. The Labute approximate surface area is 113 Å². The lowest BCUT2D eigenvalue weighted by Gasteiger charge is -2.28. The highest BCUT2D eigenvalue weighted by Gasteiger charge is 2.63. The molecule has 2 aliphatic carbocycles. The van der Waals surface area contributed by atoms with Gasteiger partial charge < -0.3 is 9.47 Å². The fourth-order valence-corrected chi connectivity index (χ4v) is 4.20. The number of hydrogen-bond acceptors (Lipinski definition) is 4. The monoisotopic (exact) mass is 266 g/mol. The fourth-order valence-electron chi connectivity index (χ4n) is 4.20. The molecule has 2 bridgehead atoms. The van der Waals surface area contributed by atoms with E-state index in [4.69, 9.17) is 9.47 Å². The van der Waals surface area contributed by atoms with E-state index in [1.165, 1.54) is 0 Å². The maximum atomic E-state index is 12.2. The van der Waals surface area contributed by atoms with Gasteiger partial charge in [0, 0.05) is 11.8 Å². The molecule has 3 rings (SSSR count). The summed E-state index contributed by atoms with van der Waals surface area (Å²) < 4.78 is 11.1. The fraction of sp³-hybridized carbons (Fsp3) is 0.867. The van der Waals surface area contributed by atoms with Crippen molar-refractivity contribution in [2.45, 2.75) is 52.2 Å². The van der Waals surface area contributed by atoms with Crippen molar-refractivity contribution in [2.24, 2.45) is 29.6 Å². The van der Waals surface area contributed by atoms with Crippen LogP contribution in [0.5, 0.6) is 0 Å². The van der Waals surface area contributed by atoms with Crippen LogP contribution in [-0.2, 0) is 19.1 Å². The third-order valence-electron chi connectivity index (χ3n) is 5.21. The molecule has 3 fully saturated rings. The molecule has 2 saturated carbocycles. The Morgan fingerprint density at radius 1 is 1.42 bits per heavy atom. The molecule has 106 valence electrons. The molecule has 0 aromatic carbocycles. The van der Waals surface area contributed by atoms with Crippen LogP contribution < -0.4 is 0 Å². The lowest BCUT2D eigenvalue weighted by Crippen LogP contribution is -2.38. The maximum Gasteiger partial charge on any atom is 0.309 e. The summed E-state index contributed by atoms with van der Waals surface area (Å²) in [4.78, 5) is 23.9. The molecular formula is C15H22O4. The molecule has 6 unspecified atom stereocenters. The first kappa shape index (κ1) is 12.9. The van der Waals surface area contributed by atoms with Crippen molar-refractivity contribution in [3.05, 3.63) is 0 Å². The quantitative estimate of drug-likeness (QED) is 0.732. The highest BCUT2D eigenvalue weighted by atomic mass is 16.6. The third-order valence-corrected chi connectivity index (χ3v) is 5.21. The number of ether oxygens (including phenoxy) is 2. The molecule has 0 radical (unpaired) electrons. The second-order valence-corrected chi connectivity index (χ2v) is 6.56. The predicted molar refractivity (Wildman–Crippen MR) is 68.1 cm³/mol. The maximum absolute atomic E-state index is 12.2. The summed E-state index contributed by atoms with van der Waals surface area (Å²) in [5.74, 6) is 0.759. The van der Waals surface area contributed by atoms with Crippen LogP contribution in [-0.4, -0.2) is 24.1 Å². The zero-order chi connectivity index (χ0) is 13.7. The summed E-state index contributed by atoms with van der Waals surface area (Å²) in [5, 5.41) is 0. The van der Waals surface area contributed by atoms with E-state index in [0.29, 0.717) is 11.8 Å². The predicted octanol–water partition coefficient (Wildman–Crippen LogP) is 2.16. The van der Waals surface area contributed by atoms with Gasteiger partial charge in [0.25, 0.3) is 0 Å². The summed E-state index contributed by atoms with van der Waals surface area (Å²) in [6.45, 7) is 6.10. The number of hydrogen-bond donors (Lipinski definition) is 0. The largest absolute Gasteiger partial charge is 0.458 e. The van der Waals surface area contributed by atoms with Gasteiger partial charge in [-0.25, -0.2) is 0 Å². The van der Waals surface area contributed by atoms with Crippen molar-refractivity contribution in [1.82, 2.24) is 0 Å². The Balaban J connectivity index is 1.69. The lowest BCUT2D eigenvalue weighted by molar-refractivity contribution is -0.167. The molecule has 0 amide bonds. The Morgan fingerprint density at radius 2 is 2.16 bits per heavy atom. The van der Waals surface area contributed by atoms with Crippen LogP contribution in [0.25, 0.3) is 0 Å². The average Bonchev–Trinajstić information content (AvgIpc) is 2.94. The number of carbonyl (C=O) groups is 2. The summed E-state index contributed by atoms with van der Waals surface area (Å²) in [6, 6.07) is 0. The number of carbonyl (C=O) groups excluding carboxylic acids is 2. The van der Waals surface area contributed by atoms with Gasteiger partial charge >= 0.3 is 11.9 Å². The lowest BCUT2D eigenvalue weighted by atomic mass is 9.87. The van der Waals surface area contributed by atoms with Crippen LogP contribution in [0.2, 0.25) is 0 Å². The van der Waals surface area contributed by atoms with E-state index < -0.39 is 0 Å². The van der Waals surface area contributed by atoms with Gasteiger partial charge in [-0.05, 0) is 25.2 Å². The van der Waals surface area contributed by atoms with E-state index in [1.54, 1.807) is 0 Å². The van der Waals surface area contributed by atoms with Crippen molar-refractivity contribution in [2.75, 3.05) is 0 Å². The van der Waals surface area contributed by atoms with Crippen LogP contribution in [0.4, 0.5) is 0 Å². The second kappa shape index (κ2) is 4.50. The SMILES string of the molecule is CCC(C(=O)OC1C2CC3C(=O)OC1C3C2)C(C)C. The zero-order valence-electron chi connectivity index (χ0n) is 11.8. The molecule has 4 heteroatoms. The van der Waals surface area contributed by atoms with E-state index in [9.17, 15) is 9.59 Å².